The van der Waals surface area contributed by atoms with Gasteiger partial charge in [-0.15, -0.1) is 0 Å². The molecule has 20 heavy (non-hydrogen) atoms. The van der Waals surface area contributed by atoms with Crippen molar-refractivity contribution >= 4 is 12.0 Å². The highest BCUT2D eigenvalue weighted by molar-refractivity contribution is 5.87. The molecular weight excluding hydrogens is 260 g/mol. The molecule has 1 aromatic rings. The van der Waals surface area contributed by atoms with Crippen LogP contribution in [0.2, 0.25) is 0 Å². The zero-order valence-electron chi connectivity index (χ0n) is 11.7. The number of rotatable bonds is 2. The average Bonchev–Trinajstić information content (AvgIpc) is 2.42. The summed E-state index contributed by atoms with van der Waals surface area (Å²) in [5.41, 5.74) is 0.364. The van der Waals surface area contributed by atoms with Gasteiger partial charge in [0.15, 0.2) is 0 Å². The standard InChI is InChI=1S/C15H18O5/c1-15(2)14(18)13(17)10-8-9(4-6-11(10)20-15)5-7-12(16)19-3/h4-8,13-14,17-18H,1-3H3/b7-5+. The van der Waals surface area contributed by atoms with Crippen molar-refractivity contribution in [3.05, 3.63) is 35.4 Å². The Bertz CT molecular complexity index is 547. The van der Waals surface area contributed by atoms with Crippen molar-refractivity contribution in [3.8, 4) is 5.75 Å². The Morgan fingerprint density at radius 3 is 2.75 bits per heavy atom. The van der Waals surface area contributed by atoms with Gasteiger partial charge < -0.3 is 19.7 Å². The Kier molecular flexibility index (Phi) is 3.83. The topological polar surface area (TPSA) is 76.0 Å². The third-order valence-corrected chi connectivity index (χ3v) is 3.35. The molecule has 0 aromatic heterocycles. The van der Waals surface area contributed by atoms with Crippen LogP contribution in [0.5, 0.6) is 5.75 Å². The third kappa shape index (κ3) is 2.69. The van der Waals surface area contributed by atoms with Crippen LogP contribution in [0.3, 0.4) is 0 Å². The van der Waals surface area contributed by atoms with Gasteiger partial charge in [0.2, 0.25) is 0 Å². The normalized spacial score (nSPS) is 24.1. The lowest BCUT2D eigenvalue weighted by Crippen LogP contribution is -2.48. The summed E-state index contributed by atoms with van der Waals surface area (Å²) in [6.07, 6.45) is 0.818. The molecule has 0 spiro atoms. The fourth-order valence-corrected chi connectivity index (χ4v) is 2.12. The Morgan fingerprint density at radius 2 is 2.10 bits per heavy atom. The maximum Gasteiger partial charge on any atom is 0.330 e. The first-order chi connectivity index (χ1) is 9.35. The van der Waals surface area contributed by atoms with E-state index < -0.39 is 23.8 Å². The molecule has 1 aromatic carbocycles. The molecule has 108 valence electrons. The predicted octanol–water partition coefficient (Wildman–Crippen LogP) is 1.44. The van der Waals surface area contributed by atoms with E-state index >= 15 is 0 Å². The van der Waals surface area contributed by atoms with E-state index in [4.69, 9.17) is 4.74 Å². The molecule has 1 aliphatic heterocycles. The monoisotopic (exact) mass is 278 g/mol. The van der Waals surface area contributed by atoms with Crippen LogP contribution in [-0.2, 0) is 9.53 Å². The zero-order valence-corrected chi connectivity index (χ0v) is 11.7. The first-order valence-corrected chi connectivity index (χ1v) is 6.30. The SMILES string of the molecule is COC(=O)/C=C/c1ccc2c(c1)C(O)C(O)C(C)(C)O2. The Morgan fingerprint density at radius 1 is 1.40 bits per heavy atom. The van der Waals surface area contributed by atoms with Crippen molar-refractivity contribution in [1.29, 1.82) is 0 Å². The van der Waals surface area contributed by atoms with Crippen LogP contribution in [0.1, 0.15) is 31.1 Å². The number of ether oxygens (including phenoxy) is 2. The number of aliphatic hydroxyl groups excluding tert-OH is 2. The Balaban J connectivity index is 2.33. The first-order valence-electron chi connectivity index (χ1n) is 6.30. The predicted molar refractivity (Wildman–Crippen MR) is 73.2 cm³/mol. The van der Waals surface area contributed by atoms with Gasteiger partial charge in [-0.25, -0.2) is 4.79 Å². The molecular formula is C15H18O5. The van der Waals surface area contributed by atoms with Crippen molar-refractivity contribution in [2.45, 2.75) is 31.7 Å². The lowest BCUT2D eigenvalue weighted by Gasteiger charge is -2.40. The van der Waals surface area contributed by atoms with Crippen LogP contribution in [0, 0.1) is 0 Å². The molecule has 0 aliphatic carbocycles. The molecule has 0 bridgehead atoms. The van der Waals surface area contributed by atoms with E-state index in [1.54, 1.807) is 38.1 Å². The van der Waals surface area contributed by atoms with Crippen molar-refractivity contribution in [2.24, 2.45) is 0 Å². The van der Waals surface area contributed by atoms with Crippen LogP contribution in [0.15, 0.2) is 24.3 Å². The highest BCUT2D eigenvalue weighted by atomic mass is 16.5. The summed E-state index contributed by atoms with van der Waals surface area (Å²) in [5.74, 6) is 0.0729. The second kappa shape index (κ2) is 5.26. The van der Waals surface area contributed by atoms with E-state index in [1.807, 2.05) is 0 Å². The summed E-state index contributed by atoms with van der Waals surface area (Å²) in [7, 11) is 1.30. The number of carbonyl (C=O) groups is 1. The van der Waals surface area contributed by atoms with Crippen LogP contribution in [0.25, 0.3) is 6.08 Å². The van der Waals surface area contributed by atoms with Crippen molar-refractivity contribution in [3.63, 3.8) is 0 Å². The van der Waals surface area contributed by atoms with Crippen molar-refractivity contribution < 1.29 is 24.5 Å². The highest BCUT2D eigenvalue weighted by Gasteiger charge is 2.41. The number of carbonyl (C=O) groups excluding carboxylic acids is 1. The molecule has 0 saturated heterocycles. The molecule has 2 unspecified atom stereocenters. The van der Waals surface area contributed by atoms with E-state index in [1.165, 1.54) is 13.2 Å². The Labute approximate surface area is 117 Å². The minimum atomic E-state index is -1.03. The lowest BCUT2D eigenvalue weighted by molar-refractivity contribution is -0.134. The van der Waals surface area contributed by atoms with E-state index in [-0.39, 0.29) is 0 Å². The smallest absolute Gasteiger partial charge is 0.330 e. The number of aliphatic hydroxyl groups is 2. The molecule has 0 fully saturated rings. The van der Waals surface area contributed by atoms with Gasteiger partial charge in [0.25, 0.3) is 0 Å². The molecule has 5 heteroatoms. The number of esters is 1. The van der Waals surface area contributed by atoms with E-state index in [0.717, 1.165) is 0 Å². The fraction of sp³-hybridized carbons (Fsp3) is 0.400. The number of hydrogen-bond acceptors (Lipinski definition) is 5. The number of hydrogen-bond donors (Lipinski definition) is 2. The number of benzene rings is 1. The minimum Gasteiger partial charge on any atom is -0.485 e. The summed E-state index contributed by atoms with van der Waals surface area (Å²) < 4.78 is 10.2. The molecule has 5 nitrogen and oxygen atoms in total. The van der Waals surface area contributed by atoms with Gasteiger partial charge in [0.05, 0.1) is 7.11 Å². The quantitative estimate of drug-likeness (QED) is 0.632. The molecule has 0 amide bonds. The molecule has 0 saturated carbocycles. The van der Waals surface area contributed by atoms with Crippen LogP contribution in [0.4, 0.5) is 0 Å². The number of methoxy groups -OCH3 is 1. The second-order valence-corrected chi connectivity index (χ2v) is 5.25. The summed E-state index contributed by atoms with van der Waals surface area (Å²) in [6, 6.07) is 5.15. The van der Waals surface area contributed by atoms with Gasteiger partial charge in [-0.2, -0.15) is 0 Å². The van der Waals surface area contributed by atoms with E-state index in [9.17, 15) is 15.0 Å². The van der Waals surface area contributed by atoms with Crippen LogP contribution >= 0.6 is 0 Å². The van der Waals surface area contributed by atoms with Gasteiger partial charge in [0.1, 0.15) is 23.6 Å². The maximum atomic E-state index is 11.1. The van der Waals surface area contributed by atoms with E-state index in [0.29, 0.717) is 16.9 Å². The van der Waals surface area contributed by atoms with Crippen LogP contribution < -0.4 is 4.74 Å². The van der Waals surface area contributed by atoms with Gasteiger partial charge in [-0.1, -0.05) is 6.07 Å². The highest BCUT2D eigenvalue weighted by Crippen LogP contribution is 2.40. The minimum absolute atomic E-state index is 0.458. The van der Waals surface area contributed by atoms with Crippen molar-refractivity contribution in [1.82, 2.24) is 0 Å². The summed E-state index contributed by atoms with van der Waals surface area (Å²) in [5, 5.41) is 20.2. The summed E-state index contributed by atoms with van der Waals surface area (Å²) >= 11 is 0. The molecule has 1 aliphatic rings. The van der Waals surface area contributed by atoms with Gasteiger partial charge >= 0.3 is 5.97 Å². The molecule has 2 atom stereocenters. The largest absolute Gasteiger partial charge is 0.485 e. The average molecular weight is 278 g/mol. The van der Waals surface area contributed by atoms with E-state index in [2.05, 4.69) is 4.74 Å². The Hall–Kier alpha value is -1.85. The maximum absolute atomic E-state index is 11.1. The molecule has 2 N–H and O–H groups in total. The van der Waals surface area contributed by atoms with Gasteiger partial charge in [-0.05, 0) is 37.6 Å². The van der Waals surface area contributed by atoms with Crippen LogP contribution in [-0.4, -0.2) is 35.0 Å². The molecule has 2 rings (SSSR count). The third-order valence-electron chi connectivity index (χ3n) is 3.35. The number of fused-ring (bicyclic) bond motifs is 1. The molecule has 0 radical (unpaired) electrons. The zero-order chi connectivity index (χ0) is 14.9. The summed E-state index contributed by atoms with van der Waals surface area (Å²) in [4.78, 5) is 11.1. The molecule has 1 heterocycles. The van der Waals surface area contributed by atoms with Gasteiger partial charge in [0, 0.05) is 11.6 Å². The van der Waals surface area contributed by atoms with Gasteiger partial charge in [-0.3, -0.25) is 0 Å². The summed E-state index contributed by atoms with van der Waals surface area (Å²) in [6.45, 7) is 3.43. The first kappa shape index (κ1) is 14.6. The second-order valence-electron chi connectivity index (χ2n) is 5.25. The fourth-order valence-electron chi connectivity index (χ4n) is 2.12. The lowest BCUT2D eigenvalue weighted by atomic mass is 9.88. The van der Waals surface area contributed by atoms with Crippen molar-refractivity contribution in [2.75, 3.05) is 7.11 Å².